The Morgan fingerprint density at radius 1 is 1.39 bits per heavy atom. The van der Waals surface area contributed by atoms with E-state index >= 15 is 0 Å². The van der Waals surface area contributed by atoms with E-state index in [2.05, 4.69) is 32.7 Å². The van der Waals surface area contributed by atoms with Crippen LogP contribution in [0.4, 0.5) is 0 Å². The number of hydrogen-bond acceptors (Lipinski definition) is 2. The predicted molar refractivity (Wildman–Crippen MR) is 73.7 cm³/mol. The van der Waals surface area contributed by atoms with Crippen LogP contribution >= 0.6 is 0 Å². The third-order valence-electron chi connectivity index (χ3n) is 2.82. The van der Waals surface area contributed by atoms with Crippen LogP contribution in [-0.2, 0) is 10.2 Å². The summed E-state index contributed by atoms with van der Waals surface area (Å²) in [5.41, 5.74) is 2.03. The first-order chi connectivity index (χ1) is 8.36. The maximum Gasteiger partial charge on any atom is 0.325 e. The van der Waals surface area contributed by atoms with E-state index in [0.29, 0.717) is 6.54 Å². The van der Waals surface area contributed by atoms with Crippen molar-refractivity contribution in [3.63, 3.8) is 0 Å². The zero-order chi connectivity index (χ0) is 13.8. The Labute approximate surface area is 109 Å². The van der Waals surface area contributed by atoms with Crippen molar-refractivity contribution in [1.29, 1.82) is 0 Å². The van der Waals surface area contributed by atoms with Gasteiger partial charge in [0.2, 0.25) is 0 Å². The molecule has 0 aliphatic carbocycles. The lowest BCUT2D eigenvalue weighted by molar-refractivity contribution is -0.139. The summed E-state index contributed by atoms with van der Waals surface area (Å²) < 4.78 is 0. The smallest absolute Gasteiger partial charge is 0.325 e. The van der Waals surface area contributed by atoms with Gasteiger partial charge in [0.15, 0.2) is 0 Å². The Hall–Kier alpha value is -1.61. The van der Waals surface area contributed by atoms with Gasteiger partial charge in [0.25, 0.3) is 0 Å². The number of carboxylic acid groups (broad SMARTS) is 1. The summed E-state index contributed by atoms with van der Waals surface area (Å²) in [6.45, 7) is 10.4. The maximum absolute atomic E-state index is 11.2. The van der Waals surface area contributed by atoms with Gasteiger partial charge in [-0.3, -0.25) is 10.1 Å². The molecule has 0 aromatic heterocycles. The molecule has 1 aromatic carbocycles. The summed E-state index contributed by atoms with van der Waals surface area (Å²) in [7, 11) is 0. The zero-order valence-electron chi connectivity index (χ0n) is 11.2. The molecule has 0 amide bonds. The van der Waals surface area contributed by atoms with Gasteiger partial charge in [-0.2, -0.15) is 0 Å². The number of rotatable bonds is 5. The molecule has 0 aliphatic heterocycles. The highest BCUT2D eigenvalue weighted by Crippen LogP contribution is 2.24. The van der Waals surface area contributed by atoms with Gasteiger partial charge < -0.3 is 5.11 Å². The van der Waals surface area contributed by atoms with Crippen LogP contribution in [0.1, 0.15) is 37.9 Å². The van der Waals surface area contributed by atoms with Gasteiger partial charge in [0, 0.05) is 6.54 Å². The second-order valence-electron chi connectivity index (χ2n) is 5.34. The highest BCUT2D eigenvalue weighted by atomic mass is 16.4. The average Bonchev–Trinajstić information content (AvgIpc) is 2.28. The molecule has 1 aromatic rings. The van der Waals surface area contributed by atoms with Crippen LogP contribution in [0.5, 0.6) is 0 Å². The zero-order valence-corrected chi connectivity index (χ0v) is 11.2. The van der Waals surface area contributed by atoms with Crippen molar-refractivity contribution in [3.8, 4) is 0 Å². The molecule has 0 heterocycles. The molecular formula is C15H21NO2. The highest BCUT2D eigenvalue weighted by molar-refractivity contribution is 5.75. The molecular weight excluding hydrogens is 226 g/mol. The fourth-order valence-corrected chi connectivity index (χ4v) is 1.72. The van der Waals surface area contributed by atoms with E-state index < -0.39 is 12.0 Å². The summed E-state index contributed by atoms with van der Waals surface area (Å²) in [5, 5.41) is 12.1. The Kier molecular flexibility index (Phi) is 4.68. The molecule has 1 rings (SSSR count). The molecule has 2 N–H and O–H groups in total. The first-order valence-corrected chi connectivity index (χ1v) is 6.04. The quantitative estimate of drug-likeness (QED) is 0.787. The molecule has 3 nitrogen and oxygen atoms in total. The van der Waals surface area contributed by atoms with Crippen molar-refractivity contribution in [2.75, 3.05) is 6.54 Å². The third kappa shape index (κ3) is 3.70. The topological polar surface area (TPSA) is 49.3 Å². The fourth-order valence-electron chi connectivity index (χ4n) is 1.72. The Balaban J connectivity index is 2.93. The molecule has 3 heteroatoms. The fraction of sp³-hybridized carbons (Fsp3) is 0.400. The summed E-state index contributed by atoms with van der Waals surface area (Å²) in [5.74, 6) is -0.875. The summed E-state index contributed by atoms with van der Waals surface area (Å²) >= 11 is 0. The molecule has 0 bridgehead atoms. The normalized spacial score (nSPS) is 13.1. The minimum atomic E-state index is -0.875. The van der Waals surface area contributed by atoms with Crippen molar-refractivity contribution in [1.82, 2.24) is 5.32 Å². The molecule has 0 spiro atoms. The van der Waals surface area contributed by atoms with Gasteiger partial charge in [-0.1, -0.05) is 51.1 Å². The minimum absolute atomic E-state index is 0.0752. The minimum Gasteiger partial charge on any atom is -0.480 e. The van der Waals surface area contributed by atoms with E-state index in [9.17, 15) is 9.90 Å². The summed E-state index contributed by atoms with van der Waals surface area (Å²) in [6, 6.07) is 7.03. The second kappa shape index (κ2) is 5.83. The van der Waals surface area contributed by atoms with E-state index in [1.165, 1.54) is 5.56 Å². The number of benzene rings is 1. The van der Waals surface area contributed by atoms with Crippen LogP contribution in [0.25, 0.3) is 0 Å². The predicted octanol–water partition coefficient (Wildman–Crippen LogP) is 2.89. The van der Waals surface area contributed by atoms with Crippen molar-refractivity contribution < 1.29 is 9.90 Å². The maximum atomic E-state index is 11.2. The molecule has 98 valence electrons. The van der Waals surface area contributed by atoms with Crippen LogP contribution in [0.2, 0.25) is 0 Å². The lowest BCUT2D eigenvalue weighted by atomic mass is 9.86. The molecule has 0 fully saturated rings. The lowest BCUT2D eigenvalue weighted by Gasteiger charge is -2.20. The van der Waals surface area contributed by atoms with E-state index in [4.69, 9.17) is 0 Å². The van der Waals surface area contributed by atoms with E-state index in [-0.39, 0.29) is 5.41 Å². The van der Waals surface area contributed by atoms with Crippen LogP contribution in [-0.4, -0.2) is 17.6 Å². The Morgan fingerprint density at radius 2 is 1.94 bits per heavy atom. The average molecular weight is 247 g/mol. The van der Waals surface area contributed by atoms with Gasteiger partial charge in [-0.05, 0) is 16.5 Å². The van der Waals surface area contributed by atoms with Crippen molar-refractivity contribution in [3.05, 3.63) is 48.0 Å². The molecule has 1 unspecified atom stereocenters. The first-order valence-electron chi connectivity index (χ1n) is 6.04. The summed E-state index contributed by atoms with van der Waals surface area (Å²) in [4.78, 5) is 11.2. The van der Waals surface area contributed by atoms with Crippen LogP contribution < -0.4 is 5.32 Å². The van der Waals surface area contributed by atoms with E-state index in [1.807, 2.05) is 24.3 Å². The number of hydrogen-bond donors (Lipinski definition) is 2. The van der Waals surface area contributed by atoms with Gasteiger partial charge >= 0.3 is 5.97 Å². The van der Waals surface area contributed by atoms with Crippen LogP contribution in [0.15, 0.2) is 36.9 Å². The molecule has 1 atom stereocenters. The van der Waals surface area contributed by atoms with Gasteiger partial charge in [-0.25, -0.2) is 0 Å². The van der Waals surface area contributed by atoms with Crippen molar-refractivity contribution in [2.24, 2.45) is 0 Å². The van der Waals surface area contributed by atoms with Crippen LogP contribution in [0, 0.1) is 0 Å². The molecule has 0 saturated carbocycles. The van der Waals surface area contributed by atoms with Crippen molar-refractivity contribution >= 4 is 5.97 Å². The van der Waals surface area contributed by atoms with E-state index in [1.54, 1.807) is 6.08 Å². The van der Waals surface area contributed by atoms with Gasteiger partial charge in [0.05, 0.1) is 0 Å². The second-order valence-corrected chi connectivity index (χ2v) is 5.34. The number of carbonyl (C=O) groups is 1. The number of nitrogens with one attached hydrogen (secondary N) is 1. The Morgan fingerprint density at radius 3 is 2.33 bits per heavy atom. The molecule has 0 aliphatic rings. The monoisotopic (exact) mass is 247 g/mol. The van der Waals surface area contributed by atoms with Gasteiger partial charge in [-0.15, -0.1) is 6.58 Å². The number of carboxylic acids is 1. The SMILES string of the molecule is C=CCNC(C(=O)O)c1ccc(C(C)(C)C)cc1. The summed E-state index contributed by atoms with van der Waals surface area (Å²) in [6.07, 6.45) is 1.65. The third-order valence-corrected chi connectivity index (χ3v) is 2.82. The van der Waals surface area contributed by atoms with E-state index in [0.717, 1.165) is 5.56 Å². The molecule has 18 heavy (non-hydrogen) atoms. The Bertz CT molecular complexity index is 415. The van der Waals surface area contributed by atoms with Crippen molar-refractivity contribution in [2.45, 2.75) is 32.2 Å². The largest absolute Gasteiger partial charge is 0.480 e. The lowest BCUT2D eigenvalue weighted by Crippen LogP contribution is -2.28. The van der Waals surface area contributed by atoms with Gasteiger partial charge in [0.1, 0.15) is 6.04 Å². The van der Waals surface area contributed by atoms with Crippen LogP contribution in [0.3, 0.4) is 0 Å². The standard InChI is InChI=1S/C15H21NO2/c1-5-10-16-13(14(17)18)11-6-8-12(9-7-11)15(2,3)4/h5-9,13,16H,1,10H2,2-4H3,(H,17,18). The number of aliphatic carboxylic acids is 1. The molecule has 0 radical (unpaired) electrons. The first kappa shape index (κ1) is 14.5. The highest BCUT2D eigenvalue weighted by Gasteiger charge is 2.19. The molecule has 0 saturated heterocycles.